The number of hydrogen-bond donors (Lipinski definition) is 1. The number of rotatable bonds is 4. The summed E-state index contributed by atoms with van der Waals surface area (Å²) in [6.07, 6.45) is 0.866. The van der Waals surface area contributed by atoms with Crippen molar-refractivity contribution in [3.05, 3.63) is 35.6 Å². The average molecular weight is 335 g/mol. The first kappa shape index (κ1) is 18.4. The van der Waals surface area contributed by atoms with Gasteiger partial charge in [-0.15, -0.1) is 0 Å². The van der Waals surface area contributed by atoms with Crippen molar-refractivity contribution in [3.63, 3.8) is 0 Å². The Kier molecular flexibility index (Phi) is 6.31. The van der Waals surface area contributed by atoms with Crippen LogP contribution in [0.2, 0.25) is 0 Å². The molecule has 2 amide bonds. The van der Waals surface area contributed by atoms with Gasteiger partial charge in [0, 0.05) is 33.1 Å². The third-order valence-corrected chi connectivity index (χ3v) is 4.63. The summed E-state index contributed by atoms with van der Waals surface area (Å²) in [5.74, 6) is -0.257. The third kappa shape index (κ3) is 4.77. The number of nitrogens with zero attached hydrogens (tertiary/aromatic N) is 2. The number of halogens is 1. The minimum atomic E-state index is -0.287. The van der Waals surface area contributed by atoms with E-state index in [0.29, 0.717) is 13.1 Å². The number of carbonyl (C=O) groups excluding carboxylic acids is 2. The molecule has 1 aliphatic rings. The zero-order chi connectivity index (χ0) is 17.7. The smallest absolute Gasteiger partial charge is 0.237 e. The molecule has 2 unspecified atom stereocenters. The lowest BCUT2D eigenvalue weighted by molar-refractivity contribution is -0.128. The van der Waals surface area contributed by atoms with E-state index in [2.05, 4.69) is 10.2 Å². The lowest BCUT2D eigenvalue weighted by Crippen LogP contribution is -2.47. The van der Waals surface area contributed by atoms with Gasteiger partial charge in [-0.05, 0) is 38.0 Å². The van der Waals surface area contributed by atoms with Gasteiger partial charge in [0.25, 0.3) is 0 Å². The fraction of sp³-hybridized carbons (Fsp3) is 0.556. The van der Waals surface area contributed by atoms with Crippen LogP contribution in [0, 0.1) is 5.82 Å². The molecule has 1 aliphatic heterocycles. The minimum absolute atomic E-state index is 0.0527. The van der Waals surface area contributed by atoms with Gasteiger partial charge in [0.2, 0.25) is 11.8 Å². The maximum Gasteiger partial charge on any atom is 0.237 e. The summed E-state index contributed by atoms with van der Waals surface area (Å²) in [4.78, 5) is 27.9. The second kappa shape index (κ2) is 8.24. The highest BCUT2D eigenvalue weighted by atomic mass is 19.1. The Morgan fingerprint density at radius 2 is 1.75 bits per heavy atom. The monoisotopic (exact) mass is 335 g/mol. The van der Waals surface area contributed by atoms with Gasteiger partial charge in [-0.3, -0.25) is 14.5 Å². The van der Waals surface area contributed by atoms with Crippen LogP contribution in [0.15, 0.2) is 24.3 Å². The Hall–Kier alpha value is -1.95. The van der Waals surface area contributed by atoms with Crippen LogP contribution in [0.5, 0.6) is 0 Å². The molecule has 0 radical (unpaired) electrons. The van der Waals surface area contributed by atoms with E-state index in [1.54, 1.807) is 19.1 Å². The molecule has 1 N–H and O–H groups in total. The Labute approximate surface area is 142 Å². The van der Waals surface area contributed by atoms with Crippen LogP contribution in [-0.4, -0.2) is 53.8 Å². The lowest BCUT2D eigenvalue weighted by atomic mass is 10.1. The molecule has 2 atom stereocenters. The van der Waals surface area contributed by atoms with Gasteiger partial charge < -0.3 is 10.2 Å². The minimum Gasteiger partial charge on any atom is -0.348 e. The van der Waals surface area contributed by atoms with Crippen LogP contribution in [-0.2, 0) is 9.59 Å². The zero-order valence-electron chi connectivity index (χ0n) is 14.6. The topological polar surface area (TPSA) is 52.7 Å². The van der Waals surface area contributed by atoms with E-state index < -0.39 is 0 Å². The predicted octanol–water partition coefficient (Wildman–Crippen LogP) is 1.95. The van der Waals surface area contributed by atoms with Crippen LogP contribution in [0.25, 0.3) is 0 Å². The van der Waals surface area contributed by atoms with E-state index in [-0.39, 0.29) is 29.7 Å². The van der Waals surface area contributed by atoms with Gasteiger partial charge in [0.05, 0.1) is 12.1 Å². The predicted molar refractivity (Wildman–Crippen MR) is 90.9 cm³/mol. The molecule has 0 spiro atoms. The fourth-order valence-corrected chi connectivity index (χ4v) is 2.97. The van der Waals surface area contributed by atoms with Crippen molar-refractivity contribution >= 4 is 11.8 Å². The maximum atomic E-state index is 13.0. The summed E-state index contributed by atoms with van der Waals surface area (Å²) in [5.41, 5.74) is 0.871. The highest BCUT2D eigenvalue weighted by Crippen LogP contribution is 2.14. The van der Waals surface area contributed by atoms with E-state index in [0.717, 1.165) is 25.1 Å². The van der Waals surface area contributed by atoms with Crippen molar-refractivity contribution in [2.45, 2.75) is 39.3 Å². The molecule has 1 fully saturated rings. The molecular formula is C18H26FN3O2. The summed E-state index contributed by atoms with van der Waals surface area (Å²) >= 11 is 0. The van der Waals surface area contributed by atoms with E-state index in [1.807, 2.05) is 18.7 Å². The highest BCUT2D eigenvalue weighted by molar-refractivity contribution is 5.81. The molecule has 24 heavy (non-hydrogen) atoms. The van der Waals surface area contributed by atoms with Crippen LogP contribution in [0.3, 0.4) is 0 Å². The first-order chi connectivity index (χ1) is 11.4. The Morgan fingerprint density at radius 1 is 1.08 bits per heavy atom. The van der Waals surface area contributed by atoms with E-state index >= 15 is 0 Å². The van der Waals surface area contributed by atoms with Gasteiger partial charge in [-0.1, -0.05) is 12.1 Å². The first-order valence-electron chi connectivity index (χ1n) is 8.44. The molecule has 1 aromatic rings. The number of hydrogen-bond acceptors (Lipinski definition) is 3. The van der Waals surface area contributed by atoms with Crippen molar-refractivity contribution in [2.24, 2.45) is 0 Å². The molecular weight excluding hydrogens is 309 g/mol. The molecule has 5 nitrogen and oxygen atoms in total. The lowest BCUT2D eigenvalue weighted by Gasteiger charge is -2.28. The van der Waals surface area contributed by atoms with Crippen molar-refractivity contribution in [2.75, 3.05) is 26.2 Å². The van der Waals surface area contributed by atoms with Crippen molar-refractivity contribution in [1.82, 2.24) is 15.1 Å². The van der Waals surface area contributed by atoms with Crippen molar-refractivity contribution < 1.29 is 14.0 Å². The normalized spacial score (nSPS) is 18.6. The Balaban J connectivity index is 1.91. The second-order valence-electron chi connectivity index (χ2n) is 6.35. The van der Waals surface area contributed by atoms with Crippen molar-refractivity contribution in [1.29, 1.82) is 0 Å². The summed E-state index contributed by atoms with van der Waals surface area (Å²) in [6.45, 7) is 8.24. The fourth-order valence-electron chi connectivity index (χ4n) is 2.97. The molecule has 0 aromatic heterocycles. The molecule has 6 heteroatoms. The molecule has 1 aromatic carbocycles. The third-order valence-electron chi connectivity index (χ3n) is 4.63. The highest BCUT2D eigenvalue weighted by Gasteiger charge is 2.25. The maximum absolute atomic E-state index is 13.0. The van der Waals surface area contributed by atoms with Gasteiger partial charge in [-0.25, -0.2) is 4.39 Å². The number of nitrogens with one attached hydrogen (secondary N) is 1. The number of benzene rings is 1. The van der Waals surface area contributed by atoms with Crippen LogP contribution < -0.4 is 5.32 Å². The van der Waals surface area contributed by atoms with Crippen LogP contribution >= 0.6 is 0 Å². The first-order valence-corrected chi connectivity index (χ1v) is 8.44. The second-order valence-corrected chi connectivity index (χ2v) is 6.35. The Morgan fingerprint density at radius 3 is 2.38 bits per heavy atom. The SMILES string of the molecule is CC(=O)N1CCCN(C(C)C(=O)NC(C)c2ccc(F)cc2)CC1. The van der Waals surface area contributed by atoms with Gasteiger partial charge in [0.15, 0.2) is 0 Å². The van der Waals surface area contributed by atoms with Gasteiger partial charge in [0.1, 0.15) is 5.82 Å². The summed E-state index contributed by atoms with van der Waals surface area (Å²) in [6, 6.07) is 5.71. The largest absolute Gasteiger partial charge is 0.348 e. The van der Waals surface area contributed by atoms with Crippen LogP contribution in [0.4, 0.5) is 4.39 Å². The molecule has 1 heterocycles. The van der Waals surface area contributed by atoms with E-state index in [4.69, 9.17) is 0 Å². The number of carbonyl (C=O) groups is 2. The Bertz CT molecular complexity index is 576. The average Bonchev–Trinajstić information content (AvgIpc) is 2.80. The summed E-state index contributed by atoms with van der Waals surface area (Å²) in [7, 11) is 0. The standard InChI is InChI=1S/C18H26FN3O2/c1-13(16-5-7-17(19)8-6-16)20-18(24)14(2)21-9-4-10-22(12-11-21)15(3)23/h5-8,13-14H,4,9-12H2,1-3H3,(H,20,24). The van der Waals surface area contributed by atoms with E-state index in [1.165, 1.54) is 12.1 Å². The summed E-state index contributed by atoms with van der Waals surface area (Å²) in [5, 5.41) is 2.98. The van der Waals surface area contributed by atoms with E-state index in [9.17, 15) is 14.0 Å². The quantitative estimate of drug-likeness (QED) is 0.915. The van der Waals surface area contributed by atoms with Gasteiger partial charge >= 0.3 is 0 Å². The molecule has 0 aliphatic carbocycles. The molecule has 132 valence electrons. The van der Waals surface area contributed by atoms with Crippen LogP contribution in [0.1, 0.15) is 38.8 Å². The molecule has 0 bridgehead atoms. The number of amides is 2. The molecule has 2 rings (SSSR count). The molecule has 0 saturated carbocycles. The van der Waals surface area contributed by atoms with Gasteiger partial charge in [-0.2, -0.15) is 0 Å². The molecule has 1 saturated heterocycles. The summed E-state index contributed by atoms with van der Waals surface area (Å²) < 4.78 is 13.0. The zero-order valence-corrected chi connectivity index (χ0v) is 14.6. The van der Waals surface area contributed by atoms with Crippen molar-refractivity contribution in [3.8, 4) is 0 Å².